The Balaban J connectivity index is 2.94. The van der Waals surface area contributed by atoms with Crippen molar-refractivity contribution in [1.82, 2.24) is 0 Å². The van der Waals surface area contributed by atoms with E-state index in [4.69, 9.17) is 4.42 Å². The summed E-state index contributed by atoms with van der Waals surface area (Å²) in [6.07, 6.45) is 1.32. The highest BCUT2D eigenvalue weighted by atomic mass is 79.9. The van der Waals surface area contributed by atoms with Crippen LogP contribution in [0.2, 0.25) is 0 Å². The summed E-state index contributed by atoms with van der Waals surface area (Å²) in [4.78, 5) is 0. The fourth-order valence-corrected chi connectivity index (χ4v) is 1.34. The first-order chi connectivity index (χ1) is 5.70. The molecule has 4 heteroatoms. The van der Waals surface area contributed by atoms with Gasteiger partial charge in [0.05, 0.1) is 16.1 Å². The first kappa shape index (κ1) is 7.73. The summed E-state index contributed by atoms with van der Waals surface area (Å²) in [7, 11) is 0. The lowest BCUT2D eigenvalue weighted by molar-refractivity contribution is 0.568. The quantitative estimate of drug-likeness (QED) is 0.635. The van der Waals surface area contributed by atoms with E-state index in [2.05, 4.69) is 15.9 Å². The first-order valence-electron chi connectivity index (χ1n) is 3.21. The zero-order valence-electron chi connectivity index (χ0n) is 5.77. The van der Waals surface area contributed by atoms with Gasteiger partial charge >= 0.3 is 0 Å². The smallest absolute Gasteiger partial charge is 0.151 e. The molecule has 2 aromatic rings. The highest BCUT2D eigenvalue weighted by Crippen LogP contribution is 2.28. The Morgan fingerprint density at radius 3 is 2.83 bits per heavy atom. The van der Waals surface area contributed by atoms with Crippen LogP contribution in [0, 0.1) is 11.6 Å². The summed E-state index contributed by atoms with van der Waals surface area (Å²) in [5.41, 5.74) is 0.216. The minimum atomic E-state index is -0.657. The molecule has 0 aliphatic rings. The van der Waals surface area contributed by atoms with Gasteiger partial charge in [-0.15, -0.1) is 0 Å². The molecule has 12 heavy (non-hydrogen) atoms. The lowest BCUT2D eigenvalue weighted by Crippen LogP contribution is -1.83. The van der Waals surface area contributed by atoms with Crippen LogP contribution >= 0.6 is 15.9 Å². The Hall–Kier alpha value is -0.900. The maximum Gasteiger partial charge on any atom is 0.151 e. The number of halogens is 3. The minimum Gasteiger partial charge on any atom is -0.464 e. The lowest BCUT2D eigenvalue weighted by atomic mass is 10.2. The van der Waals surface area contributed by atoms with Crippen molar-refractivity contribution in [3.63, 3.8) is 0 Å². The molecule has 0 N–H and O–H groups in total. The van der Waals surface area contributed by atoms with E-state index in [0.29, 0.717) is 0 Å². The van der Waals surface area contributed by atoms with Crippen LogP contribution < -0.4 is 0 Å². The van der Waals surface area contributed by atoms with Gasteiger partial charge in [-0.05, 0) is 22.0 Å². The van der Waals surface area contributed by atoms with E-state index in [0.717, 1.165) is 6.07 Å². The van der Waals surface area contributed by atoms with Gasteiger partial charge in [0.2, 0.25) is 0 Å². The van der Waals surface area contributed by atoms with E-state index in [9.17, 15) is 8.78 Å². The summed E-state index contributed by atoms with van der Waals surface area (Å²) in [6, 6.07) is 2.59. The standard InChI is InChI=1S/C8H3BrF2O/c9-7-5(10)3-6-4(8(7)11)1-2-12-6/h1-3H. The van der Waals surface area contributed by atoms with Crippen LogP contribution in [-0.4, -0.2) is 0 Å². The number of rotatable bonds is 0. The molecule has 1 aromatic heterocycles. The zero-order chi connectivity index (χ0) is 8.72. The molecule has 0 radical (unpaired) electrons. The van der Waals surface area contributed by atoms with Crippen LogP contribution in [0.15, 0.2) is 27.3 Å². The molecule has 0 aliphatic carbocycles. The van der Waals surface area contributed by atoms with Gasteiger partial charge in [-0.3, -0.25) is 0 Å². The third-order valence-corrected chi connectivity index (χ3v) is 2.32. The second-order valence-electron chi connectivity index (χ2n) is 2.32. The zero-order valence-corrected chi connectivity index (χ0v) is 7.36. The topological polar surface area (TPSA) is 13.1 Å². The van der Waals surface area contributed by atoms with Crippen LogP contribution in [0.25, 0.3) is 11.0 Å². The molecule has 0 aliphatic heterocycles. The third kappa shape index (κ3) is 0.948. The SMILES string of the molecule is Fc1cc2occc2c(F)c1Br. The van der Waals surface area contributed by atoms with E-state index in [-0.39, 0.29) is 15.4 Å². The summed E-state index contributed by atoms with van der Waals surface area (Å²) < 4.78 is 30.7. The average molecular weight is 233 g/mol. The number of hydrogen-bond donors (Lipinski definition) is 0. The van der Waals surface area contributed by atoms with Crippen molar-refractivity contribution in [2.75, 3.05) is 0 Å². The predicted octanol–water partition coefficient (Wildman–Crippen LogP) is 3.47. The fraction of sp³-hybridized carbons (Fsp3) is 0. The summed E-state index contributed by atoms with van der Waals surface area (Å²) in [5.74, 6) is -1.28. The molecule has 0 saturated carbocycles. The Morgan fingerprint density at radius 1 is 1.33 bits per heavy atom. The second kappa shape index (κ2) is 2.55. The Kier molecular flexibility index (Phi) is 1.65. The van der Waals surface area contributed by atoms with E-state index >= 15 is 0 Å². The molecule has 0 spiro atoms. The molecule has 0 atom stereocenters. The summed E-state index contributed by atoms with van der Waals surface area (Å²) in [6.45, 7) is 0. The molecule has 1 aromatic carbocycles. The monoisotopic (exact) mass is 232 g/mol. The Bertz CT molecular complexity index is 436. The maximum absolute atomic E-state index is 13.1. The van der Waals surface area contributed by atoms with Crippen molar-refractivity contribution in [3.05, 3.63) is 34.5 Å². The number of hydrogen-bond acceptors (Lipinski definition) is 1. The molecule has 0 unspecified atom stereocenters. The molecule has 2 rings (SSSR count). The molecule has 1 nitrogen and oxygen atoms in total. The van der Waals surface area contributed by atoms with Gasteiger partial charge in [0, 0.05) is 6.07 Å². The van der Waals surface area contributed by atoms with Crippen molar-refractivity contribution < 1.29 is 13.2 Å². The van der Waals surface area contributed by atoms with Gasteiger partial charge < -0.3 is 4.42 Å². The number of benzene rings is 1. The molecule has 0 fully saturated rings. The molecule has 1 heterocycles. The van der Waals surface area contributed by atoms with Crippen molar-refractivity contribution >= 4 is 26.9 Å². The molecule has 0 saturated heterocycles. The fourth-order valence-electron chi connectivity index (χ4n) is 1.02. The second-order valence-corrected chi connectivity index (χ2v) is 3.11. The first-order valence-corrected chi connectivity index (χ1v) is 4.00. The molecular formula is C8H3BrF2O. The Morgan fingerprint density at radius 2 is 2.08 bits per heavy atom. The predicted molar refractivity (Wildman–Crippen MR) is 43.8 cm³/mol. The average Bonchev–Trinajstić information content (AvgIpc) is 2.48. The van der Waals surface area contributed by atoms with Crippen molar-refractivity contribution in [2.45, 2.75) is 0 Å². The van der Waals surface area contributed by atoms with Gasteiger partial charge in [-0.25, -0.2) is 8.78 Å². The van der Waals surface area contributed by atoms with E-state index in [1.54, 1.807) is 0 Å². The molecular weight excluding hydrogens is 230 g/mol. The van der Waals surface area contributed by atoms with Crippen LogP contribution in [0.1, 0.15) is 0 Å². The van der Waals surface area contributed by atoms with Crippen molar-refractivity contribution in [3.8, 4) is 0 Å². The minimum absolute atomic E-state index is 0.156. The summed E-state index contributed by atoms with van der Waals surface area (Å²) >= 11 is 2.79. The number of fused-ring (bicyclic) bond motifs is 1. The van der Waals surface area contributed by atoms with Gasteiger partial charge in [0.15, 0.2) is 5.82 Å². The molecule has 62 valence electrons. The van der Waals surface area contributed by atoms with Crippen molar-refractivity contribution in [1.29, 1.82) is 0 Å². The van der Waals surface area contributed by atoms with E-state index in [1.807, 2.05) is 0 Å². The van der Waals surface area contributed by atoms with E-state index in [1.165, 1.54) is 12.3 Å². The maximum atomic E-state index is 13.1. The van der Waals surface area contributed by atoms with Gasteiger partial charge in [0.1, 0.15) is 11.4 Å². The van der Waals surface area contributed by atoms with Crippen LogP contribution in [0.5, 0.6) is 0 Å². The highest BCUT2D eigenvalue weighted by Gasteiger charge is 2.12. The van der Waals surface area contributed by atoms with Crippen LogP contribution in [0.4, 0.5) is 8.78 Å². The Labute approximate surface area is 75.1 Å². The van der Waals surface area contributed by atoms with E-state index < -0.39 is 11.6 Å². The molecule has 0 bridgehead atoms. The lowest BCUT2D eigenvalue weighted by Gasteiger charge is -1.96. The third-order valence-electron chi connectivity index (χ3n) is 1.59. The normalized spacial score (nSPS) is 10.9. The molecule has 0 amide bonds. The largest absolute Gasteiger partial charge is 0.464 e. The number of furan rings is 1. The van der Waals surface area contributed by atoms with Gasteiger partial charge in [-0.2, -0.15) is 0 Å². The van der Waals surface area contributed by atoms with Gasteiger partial charge in [0.25, 0.3) is 0 Å². The van der Waals surface area contributed by atoms with Gasteiger partial charge in [-0.1, -0.05) is 0 Å². The van der Waals surface area contributed by atoms with Crippen LogP contribution in [-0.2, 0) is 0 Å². The highest BCUT2D eigenvalue weighted by molar-refractivity contribution is 9.10. The summed E-state index contributed by atoms with van der Waals surface area (Å²) in [5, 5.41) is 0.281. The van der Waals surface area contributed by atoms with Crippen molar-refractivity contribution in [2.24, 2.45) is 0 Å². The van der Waals surface area contributed by atoms with Crippen LogP contribution in [0.3, 0.4) is 0 Å².